The molecule has 3 nitrogen and oxygen atoms in total. The van der Waals surface area contributed by atoms with Crippen LogP contribution in [0, 0.1) is 5.41 Å². The van der Waals surface area contributed by atoms with E-state index in [1.54, 1.807) is 0 Å². The lowest BCUT2D eigenvalue weighted by molar-refractivity contribution is 0.112. The lowest BCUT2D eigenvalue weighted by Crippen LogP contribution is -2.35. The Balaban J connectivity index is 2.40. The van der Waals surface area contributed by atoms with Crippen LogP contribution in [0.3, 0.4) is 0 Å². The highest BCUT2D eigenvalue weighted by Gasteiger charge is 2.49. The molecule has 3 heteroatoms. The van der Waals surface area contributed by atoms with E-state index >= 15 is 0 Å². The van der Waals surface area contributed by atoms with Crippen molar-refractivity contribution in [3.63, 3.8) is 0 Å². The van der Waals surface area contributed by atoms with Crippen molar-refractivity contribution in [2.24, 2.45) is 5.41 Å². The third-order valence-electron chi connectivity index (χ3n) is 5.90. The zero-order chi connectivity index (χ0) is 17.2. The molecule has 0 bridgehead atoms. The van der Waals surface area contributed by atoms with Gasteiger partial charge in [0.05, 0.1) is 0 Å². The van der Waals surface area contributed by atoms with Crippen LogP contribution in [0.15, 0.2) is 5.57 Å². The van der Waals surface area contributed by atoms with Gasteiger partial charge in [-0.05, 0) is 29.7 Å². The van der Waals surface area contributed by atoms with Crippen LogP contribution < -0.4 is 0 Å². The zero-order valence-corrected chi connectivity index (χ0v) is 14.7. The first kappa shape index (κ1) is 16.1. The molecule has 0 radical (unpaired) electrons. The van der Waals surface area contributed by atoms with Crippen LogP contribution in [0.5, 0.6) is 11.5 Å². The van der Waals surface area contributed by atoms with Crippen molar-refractivity contribution in [3.05, 3.63) is 27.8 Å². The van der Waals surface area contributed by atoms with E-state index in [2.05, 4.69) is 26.8 Å². The van der Waals surface area contributed by atoms with Gasteiger partial charge in [-0.1, -0.05) is 52.7 Å². The largest absolute Gasteiger partial charge is 0.504 e. The molecule has 0 aromatic heterocycles. The Labute approximate surface area is 138 Å². The minimum atomic E-state index is -0.300. The summed E-state index contributed by atoms with van der Waals surface area (Å²) in [4.78, 5) is 11.8. The Morgan fingerprint density at radius 3 is 2.35 bits per heavy atom. The third kappa shape index (κ3) is 1.98. The fourth-order valence-corrected chi connectivity index (χ4v) is 4.86. The van der Waals surface area contributed by atoms with Crippen LogP contribution in [0.25, 0.3) is 6.08 Å². The van der Waals surface area contributed by atoms with Crippen molar-refractivity contribution in [3.8, 4) is 11.5 Å². The van der Waals surface area contributed by atoms with Gasteiger partial charge in [0.15, 0.2) is 17.8 Å². The summed E-state index contributed by atoms with van der Waals surface area (Å²) < 4.78 is 0. The van der Waals surface area contributed by atoms with Gasteiger partial charge in [0.25, 0.3) is 0 Å². The molecule has 3 rings (SSSR count). The highest BCUT2D eigenvalue weighted by Crippen LogP contribution is 2.61. The minimum absolute atomic E-state index is 0.0340. The van der Waals surface area contributed by atoms with Crippen LogP contribution in [-0.2, 0) is 5.41 Å². The first-order chi connectivity index (χ1) is 10.6. The van der Waals surface area contributed by atoms with E-state index < -0.39 is 0 Å². The molecule has 1 aromatic carbocycles. The smallest absolute Gasteiger partial charge is 0.162 e. The summed E-state index contributed by atoms with van der Waals surface area (Å²) >= 11 is 0. The fraction of sp³-hybridized carbons (Fsp3) is 0.550. The molecular formula is C20H26O3. The maximum atomic E-state index is 11.8. The molecule has 0 heterocycles. The first-order valence-electron chi connectivity index (χ1n) is 8.45. The number of carbonyl (C=O) groups is 1. The molecule has 1 aromatic rings. The van der Waals surface area contributed by atoms with E-state index in [-0.39, 0.29) is 28.2 Å². The zero-order valence-electron chi connectivity index (χ0n) is 14.7. The Morgan fingerprint density at radius 2 is 1.78 bits per heavy atom. The molecule has 0 saturated heterocycles. The number of phenolic OH excluding ortho intramolecular Hbond substituents is 2. The Hall–Kier alpha value is -1.77. The van der Waals surface area contributed by atoms with E-state index in [0.717, 1.165) is 36.7 Å². The van der Waals surface area contributed by atoms with Gasteiger partial charge in [0.2, 0.25) is 0 Å². The van der Waals surface area contributed by atoms with Crippen LogP contribution in [-0.4, -0.2) is 16.5 Å². The van der Waals surface area contributed by atoms with Gasteiger partial charge in [0.1, 0.15) is 0 Å². The molecule has 23 heavy (non-hydrogen) atoms. The van der Waals surface area contributed by atoms with E-state index in [9.17, 15) is 15.0 Å². The predicted octanol–water partition coefficient (Wildman–Crippen LogP) is 4.90. The van der Waals surface area contributed by atoms with Crippen molar-refractivity contribution in [2.45, 2.75) is 65.2 Å². The fourth-order valence-electron chi connectivity index (χ4n) is 4.86. The predicted molar refractivity (Wildman–Crippen MR) is 92.2 cm³/mol. The Kier molecular flexibility index (Phi) is 3.40. The lowest BCUT2D eigenvalue weighted by Gasteiger charge is -2.44. The van der Waals surface area contributed by atoms with Crippen molar-refractivity contribution < 1.29 is 15.0 Å². The van der Waals surface area contributed by atoms with Gasteiger partial charge >= 0.3 is 0 Å². The number of hydrogen-bond donors (Lipinski definition) is 2. The summed E-state index contributed by atoms with van der Waals surface area (Å²) in [6.07, 6.45) is 6.04. The molecule has 1 fully saturated rings. The van der Waals surface area contributed by atoms with Crippen molar-refractivity contribution in [1.29, 1.82) is 0 Å². The van der Waals surface area contributed by atoms with Gasteiger partial charge in [-0.25, -0.2) is 0 Å². The maximum Gasteiger partial charge on any atom is 0.162 e. The molecule has 0 aliphatic heterocycles. The normalized spacial score (nSPS) is 25.0. The molecule has 2 N–H and O–H groups in total. The van der Waals surface area contributed by atoms with Gasteiger partial charge in [-0.15, -0.1) is 0 Å². The second-order valence-electron chi connectivity index (χ2n) is 8.21. The van der Waals surface area contributed by atoms with Gasteiger partial charge in [-0.3, -0.25) is 4.79 Å². The van der Waals surface area contributed by atoms with Crippen molar-refractivity contribution in [2.75, 3.05) is 0 Å². The van der Waals surface area contributed by atoms with Crippen molar-refractivity contribution in [1.82, 2.24) is 0 Å². The number of rotatable bonds is 2. The average molecular weight is 314 g/mol. The summed E-state index contributed by atoms with van der Waals surface area (Å²) in [6.45, 7) is 10.4. The summed E-state index contributed by atoms with van der Waals surface area (Å²) in [5, 5.41) is 21.3. The van der Waals surface area contributed by atoms with E-state index in [0.29, 0.717) is 11.1 Å². The average Bonchev–Trinajstić information content (AvgIpc) is 2.76. The number of fused-ring (bicyclic) bond motifs is 3. The third-order valence-corrected chi connectivity index (χ3v) is 5.90. The Morgan fingerprint density at radius 1 is 1.13 bits per heavy atom. The highest BCUT2D eigenvalue weighted by molar-refractivity contribution is 5.92. The molecule has 2 aliphatic rings. The first-order valence-corrected chi connectivity index (χ1v) is 8.45. The van der Waals surface area contributed by atoms with Crippen molar-refractivity contribution >= 4 is 12.4 Å². The molecule has 0 spiro atoms. The molecule has 124 valence electrons. The molecule has 1 saturated carbocycles. The highest BCUT2D eigenvalue weighted by atomic mass is 16.3. The molecule has 1 atom stereocenters. The SMILES string of the molecule is CC(C)c1c(O)c(O)c2c(c1C=O)C=C1C(C)(C)CCC[C@@]12C. The molecule has 2 aliphatic carbocycles. The number of hydrogen-bond acceptors (Lipinski definition) is 3. The number of aldehydes is 1. The van der Waals surface area contributed by atoms with Crippen LogP contribution in [0.2, 0.25) is 0 Å². The number of allylic oxidation sites excluding steroid dienone is 1. The number of aromatic hydroxyl groups is 2. The molecule has 0 unspecified atom stereocenters. The van der Waals surface area contributed by atoms with Crippen LogP contribution in [0.1, 0.15) is 86.8 Å². The molecule has 0 amide bonds. The monoisotopic (exact) mass is 314 g/mol. The lowest BCUT2D eigenvalue weighted by atomic mass is 9.60. The maximum absolute atomic E-state index is 11.8. The molecular weight excluding hydrogens is 288 g/mol. The van der Waals surface area contributed by atoms with Crippen LogP contribution in [0.4, 0.5) is 0 Å². The number of phenols is 2. The van der Waals surface area contributed by atoms with Gasteiger partial charge in [0, 0.05) is 22.1 Å². The summed E-state index contributed by atoms with van der Waals surface area (Å²) in [5.41, 5.74) is 3.64. The standard InChI is InChI=1S/C20H26O3/c1-11(2)15-13(10-21)12-9-14-19(3,4)7-6-8-20(14,5)16(12)18(23)17(15)22/h9-11,22-23H,6-8H2,1-5H3/t20-/m0/s1. The van der Waals surface area contributed by atoms with E-state index in [1.807, 2.05) is 13.8 Å². The van der Waals surface area contributed by atoms with Gasteiger partial charge < -0.3 is 10.2 Å². The summed E-state index contributed by atoms with van der Waals surface area (Å²) in [6, 6.07) is 0. The quantitative estimate of drug-likeness (QED) is 0.603. The summed E-state index contributed by atoms with van der Waals surface area (Å²) in [7, 11) is 0. The summed E-state index contributed by atoms with van der Waals surface area (Å²) in [5.74, 6) is -0.200. The number of carbonyl (C=O) groups excluding carboxylic acids is 1. The topological polar surface area (TPSA) is 57.5 Å². The number of benzene rings is 1. The van der Waals surface area contributed by atoms with E-state index in [1.165, 1.54) is 5.57 Å². The van der Waals surface area contributed by atoms with E-state index in [4.69, 9.17) is 0 Å². The second-order valence-corrected chi connectivity index (χ2v) is 8.21. The minimum Gasteiger partial charge on any atom is -0.504 e. The van der Waals surface area contributed by atoms with Gasteiger partial charge in [-0.2, -0.15) is 0 Å². The van der Waals surface area contributed by atoms with Crippen LogP contribution >= 0.6 is 0 Å². The second kappa shape index (κ2) is 4.86. The Bertz CT molecular complexity index is 725.